The second-order valence-corrected chi connectivity index (χ2v) is 4.60. The fraction of sp³-hybridized carbons (Fsp3) is 0.455. The first-order chi connectivity index (χ1) is 7.63. The SMILES string of the molecule is CCC(C)NC(=O)CSc1ccncc1N. The molecule has 0 saturated carbocycles. The average Bonchev–Trinajstić information content (AvgIpc) is 2.28. The molecule has 16 heavy (non-hydrogen) atoms. The van der Waals surface area contributed by atoms with Crippen molar-refractivity contribution in [2.45, 2.75) is 31.2 Å². The van der Waals surface area contributed by atoms with E-state index in [1.165, 1.54) is 11.8 Å². The molecular weight excluding hydrogens is 222 g/mol. The van der Waals surface area contributed by atoms with E-state index in [1.54, 1.807) is 12.4 Å². The quantitative estimate of drug-likeness (QED) is 0.767. The van der Waals surface area contributed by atoms with Crippen molar-refractivity contribution < 1.29 is 4.79 Å². The zero-order valence-electron chi connectivity index (χ0n) is 9.56. The van der Waals surface area contributed by atoms with E-state index < -0.39 is 0 Å². The van der Waals surface area contributed by atoms with E-state index in [4.69, 9.17) is 5.73 Å². The molecule has 0 fully saturated rings. The minimum Gasteiger partial charge on any atom is -0.397 e. The lowest BCUT2D eigenvalue weighted by molar-refractivity contribution is -0.119. The molecule has 0 saturated heterocycles. The molecule has 1 atom stereocenters. The zero-order valence-corrected chi connectivity index (χ0v) is 10.4. The van der Waals surface area contributed by atoms with Gasteiger partial charge in [0.05, 0.1) is 17.6 Å². The van der Waals surface area contributed by atoms with Gasteiger partial charge in [0.15, 0.2) is 0 Å². The lowest BCUT2D eigenvalue weighted by Gasteiger charge is -2.11. The molecule has 88 valence electrons. The number of nitrogens with one attached hydrogen (secondary N) is 1. The van der Waals surface area contributed by atoms with Gasteiger partial charge in [-0.05, 0) is 19.4 Å². The molecule has 0 bridgehead atoms. The van der Waals surface area contributed by atoms with Crippen LogP contribution in [0.2, 0.25) is 0 Å². The smallest absolute Gasteiger partial charge is 0.230 e. The van der Waals surface area contributed by atoms with Crippen LogP contribution in [-0.4, -0.2) is 22.7 Å². The van der Waals surface area contributed by atoms with Crippen LogP contribution in [0.1, 0.15) is 20.3 Å². The largest absolute Gasteiger partial charge is 0.397 e. The number of nitrogens with zero attached hydrogens (tertiary/aromatic N) is 1. The summed E-state index contributed by atoms with van der Waals surface area (Å²) in [5.74, 6) is 0.425. The molecule has 1 amide bonds. The van der Waals surface area contributed by atoms with E-state index in [0.717, 1.165) is 11.3 Å². The maximum absolute atomic E-state index is 11.5. The van der Waals surface area contributed by atoms with Gasteiger partial charge in [0.1, 0.15) is 0 Å². The Morgan fingerprint density at radius 3 is 3.06 bits per heavy atom. The molecule has 0 aromatic carbocycles. The van der Waals surface area contributed by atoms with Gasteiger partial charge in [0.25, 0.3) is 0 Å². The van der Waals surface area contributed by atoms with Gasteiger partial charge in [-0.2, -0.15) is 0 Å². The lowest BCUT2D eigenvalue weighted by Crippen LogP contribution is -2.33. The Bertz CT molecular complexity index is 357. The minimum atomic E-state index is 0.0376. The maximum atomic E-state index is 11.5. The molecule has 4 nitrogen and oxygen atoms in total. The second kappa shape index (κ2) is 6.37. The predicted molar refractivity (Wildman–Crippen MR) is 67.3 cm³/mol. The van der Waals surface area contributed by atoms with Crippen LogP contribution in [0.4, 0.5) is 5.69 Å². The summed E-state index contributed by atoms with van der Waals surface area (Å²) in [7, 11) is 0. The number of hydrogen-bond acceptors (Lipinski definition) is 4. The van der Waals surface area contributed by atoms with Crippen molar-refractivity contribution in [3.63, 3.8) is 0 Å². The van der Waals surface area contributed by atoms with E-state index in [0.29, 0.717) is 11.4 Å². The van der Waals surface area contributed by atoms with Crippen LogP contribution in [-0.2, 0) is 4.79 Å². The van der Waals surface area contributed by atoms with Gasteiger partial charge < -0.3 is 11.1 Å². The van der Waals surface area contributed by atoms with E-state index in [1.807, 2.05) is 19.9 Å². The van der Waals surface area contributed by atoms with E-state index >= 15 is 0 Å². The topological polar surface area (TPSA) is 68.0 Å². The fourth-order valence-electron chi connectivity index (χ4n) is 1.09. The molecule has 1 unspecified atom stereocenters. The highest BCUT2D eigenvalue weighted by Gasteiger charge is 2.07. The van der Waals surface area contributed by atoms with E-state index in [2.05, 4.69) is 10.3 Å². The molecular formula is C11H17N3OS. The van der Waals surface area contributed by atoms with Crippen LogP contribution < -0.4 is 11.1 Å². The van der Waals surface area contributed by atoms with Crippen molar-refractivity contribution >= 4 is 23.4 Å². The highest BCUT2D eigenvalue weighted by molar-refractivity contribution is 8.00. The van der Waals surface area contributed by atoms with Crippen LogP contribution in [0, 0.1) is 0 Å². The maximum Gasteiger partial charge on any atom is 0.230 e. The summed E-state index contributed by atoms with van der Waals surface area (Å²) in [5, 5.41) is 2.90. The molecule has 0 aliphatic carbocycles. The van der Waals surface area contributed by atoms with Crippen molar-refractivity contribution in [2.24, 2.45) is 0 Å². The number of amides is 1. The third kappa shape index (κ3) is 4.10. The minimum absolute atomic E-state index is 0.0376. The van der Waals surface area contributed by atoms with Crippen LogP contribution in [0.3, 0.4) is 0 Å². The molecule has 0 radical (unpaired) electrons. The summed E-state index contributed by atoms with van der Waals surface area (Å²) in [5.41, 5.74) is 6.33. The Balaban J connectivity index is 2.40. The van der Waals surface area contributed by atoms with Crippen LogP contribution in [0.25, 0.3) is 0 Å². The molecule has 1 aromatic rings. The van der Waals surface area contributed by atoms with Crippen molar-refractivity contribution in [2.75, 3.05) is 11.5 Å². The summed E-state index contributed by atoms with van der Waals surface area (Å²) in [6.45, 7) is 4.03. The van der Waals surface area contributed by atoms with Crippen molar-refractivity contribution in [3.05, 3.63) is 18.5 Å². The molecule has 3 N–H and O–H groups in total. The first-order valence-electron chi connectivity index (χ1n) is 5.25. The Labute approximate surface area is 100 Å². The van der Waals surface area contributed by atoms with E-state index in [-0.39, 0.29) is 11.9 Å². The van der Waals surface area contributed by atoms with Gasteiger partial charge in [-0.25, -0.2) is 0 Å². The first-order valence-corrected chi connectivity index (χ1v) is 6.23. The number of rotatable bonds is 5. The summed E-state index contributed by atoms with van der Waals surface area (Å²) < 4.78 is 0. The number of anilines is 1. The van der Waals surface area contributed by atoms with Gasteiger partial charge in [-0.15, -0.1) is 11.8 Å². The number of aromatic nitrogens is 1. The van der Waals surface area contributed by atoms with Gasteiger partial charge in [-0.1, -0.05) is 6.92 Å². The first kappa shape index (κ1) is 12.8. The summed E-state index contributed by atoms with van der Waals surface area (Å²) in [4.78, 5) is 16.3. The summed E-state index contributed by atoms with van der Waals surface area (Å²) in [6.07, 6.45) is 4.20. The molecule has 1 heterocycles. The number of nitrogens with two attached hydrogens (primary N) is 1. The molecule has 1 aromatic heterocycles. The Kier molecular flexibility index (Phi) is 5.11. The Hall–Kier alpha value is -1.23. The third-order valence-electron chi connectivity index (χ3n) is 2.19. The molecule has 0 aliphatic rings. The second-order valence-electron chi connectivity index (χ2n) is 3.58. The van der Waals surface area contributed by atoms with Crippen molar-refractivity contribution in [3.8, 4) is 0 Å². The average molecular weight is 239 g/mol. The van der Waals surface area contributed by atoms with E-state index in [9.17, 15) is 4.79 Å². The molecule has 1 rings (SSSR count). The van der Waals surface area contributed by atoms with Gasteiger partial charge >= 0.3 is 0 Å². The van der Waals surface area contributed by atoms with Gasteiger partial charge in [0, 0.05) is 17.1 Å². The number of carbonyl (C=O) groups is 1. The fourth-order valence-corrected chi connectivity index (χ4v) is 1.83. The molecule has 0 spiro atoms. The summed E-state index contributed by atoms with van der Waals surface area (Å²) >= 11 is 1.43. The normalized spacial score (nSPS) is 12.1. The number of pyridine rings is 1. The highest BCUT2D eigenvalue weighted by Crippen LogP contribution is 2.22. The van der Waals surface area contributed by atoms with Crippen LogP contribution in [0.15, 0.2) is 23.4 Å². The predicted octanol–water partition coefficient (Wildman–Crippen LogP) is 1.67. The third-order valence-corrected chi connectivity index (χ3v) is 3.28. The number of thioether (sulfide) groups is 1. The summed E-state index contributed by atoms with van der Waals surface area (Å²) in [6, 6.07) is 2.04. The Morgan fingerprint density at radius 1 is 1.69 bits per heavy atom. The van der Waals surface area contributed by atoms with Crippen molar-refractivity contribution in [1.29, 1.82) is 0 Å². The van der Waals surface area contributed by atoms with Crippen LogP contribution >= 0.6 is 11.8 Å². The highest BCUT2D eigenvalue weighted by atomic mass is 32.2. The number of carbonyl (C=O) groups excluding carboxylic acids is 1. The number of nitrogen functional groups attached to an aromatic ring is 1. The standard InChI is InChI=1S/C11H17N3OS/c1-3-8(2)14-11(15)7-16-10-4-5-13-6-9(10)12/h4-6,8H,3,7,12H2,1-2H3,(H,14,15). The lowest BCUT2D eigenvalue weighted by atomic mass is 10.3. The monoisotopic (exact) mass is 239 g/mol. The molecule has 0 aliphatic heterocycles. The van der Waals surface area contributed by atoms with Gasteiger partial charge in [0.2, 0.25) is 5.91 Å². The molecule has 5 heteroatoms. The zero-order chi connectivity index (χ0) is 12.0. The number of hydrogen-bond donors (Lipinski definition) is 2. The van der Waals surface area contributed by atoms with Crippen LogP contribution in [0.5, 0.6) is 0 Å². The Morgan fingerprint density at radius 2 is 2.44 bits per heavy atom. The van der Waals surface area contributed by atoms with Crippen molar-refractivity contribution in [1.82, 2.24) is 10.3 Å². The van der Waals surface area contributed by atoms with Gasteiger partial charge in [-0.3, -0.25) is 9.78 Å².